The van der Waals surface area contributed by atoms with E-state index in [4.69, 9.17) is 0 Å². The Bertz CT molecular complexity index is 1510. The Morgan fingerprint density at radius 2 is 1.22 bits per heavy atom. The monoisotopic (exact) mass is 494 g/mol. The molecular weight excluding hydrogens is 468 g/mol. The van der Waals surface area contributed by atoms with E-state index in [0.29, 0.717) is 12.2 Å². The third kappa shape index (κ3) is 2.96. The van der Waals surface area contributed by atoms with Crippen molar-refractivity contribution in [3.8, 4) is 0 Å². The van der Waals surface area contributed by atoms with Crippen LogP contribution in [0.15, 0.2) is 84.9 Å². The number of urea groups is 2. The highest BCUT2D eigenvalue weighted by Gasteiger charge is 2.62. The summed E-state index contributed by atoms with van der Waals surface area (Å²) in [6, 6.07) is 27.5. The lowest BCUT2D eigenvalue weighted by molar-refractivity contribution is 0.0651. The van der Waals surface area contributed by atoms with Crippen LogP contribution < -0.4 is 9.80 Å². The van der Waals surface area contributed by atoms with E-state index < -0.39 is 5.12 Å². The van der Waals surface area contributed by atoms with E-state index in [1.54, 1.807) is 11.8 Å². The van der Waals surface area contributed by atoms with Gasteiger partial charge in [-0.15, -0.1) is 0 Å². The molecule has 3 heterocycles. The van der Waals surface area contributed by atoms with Crippen LogP contribution in [0.1, 0.15) is 12.8 Å². The van der Waals surface area contributed by atoms with E-state index in [0.717, 1.165) is 58.9 Å². The van der Waals surface area contributed by atoms with Gasteiger partial charge in [-0.05, 0) is 35.7 Å². The molecule has 1 unspecified atom stereocenters. The second-order valence-corrected chi connectivity index (χ2v) is 10.7. The third-order valence-corrected chi connectivity index (χ3v) is 9.03. The van der Waals surface area contributed by atoms with Gasteiger partial charge in [0.05, 0.1) is 11.4 Å². The van der Waals surface area contributed by atoms with E-state index >= 15 is 0 Å². The lowest BCUT2D eigenvalue weighted by Gasteiger charge is -2.55. The summed E-state index contributed by atoms with van der Waals surface area (Å²) in [5.74, 6) is 0.778. The number of rotatable bonds is 3. The van der Waals surface area contributed by atoms with Gasteiger partial charge in [-0.1, -0.05) is 84.6 Å². The molecule has 3 aliphatic heterocycles. The summed E-state index contributed by atoms with van der Waals surface area (Å²) in [6.07, 6.45) is 2.13. The van der Waals surface area contributed by atoms with Crippen LogP contribution in [0.5, 0.6) is 0 Å². The maximum atomic E-state index is 14.7. The van der Waals surface area contributed by atoms with Crippen LogP contribution in [0.4, 0.5) is 21.0 Å². The van der Waals surface area contributed by atoms with E-state index in [-0.39, 0.29) is 12.1 Å². The molecule has 0 aliphatic carbocycles. The van der Waals surface area contributed by atoms with Gasteiger partial charge in [-0.2, -0.15) is 0 Å². The van der Waals surface area contributed by atoms with Crippen molar-refractivity contribution in [1.29, 1.82) is 0 Å². The van der Waals surface area contributed by atoms with Crippen LogP contribution in [0, 0.1) is 0 Å². The van der Waals surface area contributed by atoms with Gasteiger partial charge in [0.2, 0.25) is 5.12 Å². The quantitative estimate of drug-likeness (QED) is 0.335. The van der Waals surface area contributed by atoms with Crippen LogP contribution in [0.2, 0.25) is 0 Å². The van der Waals surface area contributed by atoms with Crippen LogP contribution in [0.3, 0.4) is 0 Å². The Morgan fingerprint density at radius 3 is 1.92 bits per heavy atom. The number of likely N-dealkylation sites (tertiary alicyclic amines) is 1. The van der Waals surface area contributed by atoms with E-state index in [2.05, 4.69) is 23.1 Å². The fourth-order valence-electron chi connectivity index (χ4n) is 6.01. The number of thioether (sulfide) groups is 1. The van der Waals surface area contributed by atoms with Crippen molar-refractivity contribution in [3.63, 3.8) is 0 Å². The van der Waals surface area contributed by atoms with Crippen LogP contribution in [-0.2, 0) is 0 Å². The first-order chi connectivity index (χ1) is 17.7. The fraction of sp³-hybridized carbons (Fsp3) is 0.241. The van der Waals surface area contributed by atoms with E-state index in [9.17, 15) is 9.59 Å². The number of anilines is 2. The predicted octanol–water partition coefficient (Wildman–Crippen LogP) is 6.32. The molecule has 0 bridgehead atoms. The molecular formula is C29H26N4O2S. The van der Waals surface area contributed by atoms with Gasteiger partial charge in [0.15, 0.2) is 0 Å². The minimum absolute atomic E-state index is 0.246. The molecule has 1 atom stereocenters. The molecule has 7 rings (SSSR count). The van der Waals surface area contributed by atoms with E-state index in [1.165, 1.54) is 4.90 Å². The largest absolute Gasteiger partial charge is 0.341 e. The molecule has 0 aromatic heterocycles. The standard InChI is InChI=1S/C29H26N4O2S/c34-27-31-19-20-36-29(31,30-17-5-6-18-30)33(26-16-8-12-22-10-2-4-14-24(22)26)28(35)32(27)25-15-7-11-21-9-1-3-13-23(21)25/h1-4,7-16H,5-6,17-20H2. The van der Waals surface area contributed by atoms with Crippen molar-refractivity contribution in [2.75, 3.05) is 35.2 Å². The summed E-state index contributed by atoms with van der Waals surface area (Å²) in [4.78, 5) is 36.5. The lowest BCUT2D eigenvalue weighted by Crippen LogP contribution is -2.76. The smallest absolute Gasteiger partial charge is 0.277 e. The molecule has 3 saturated heterocycles. The summed E-state index contributed by atoms with van der Waals surface area (Å²) in [5.41, 5.74) is 1.46. The highest BCUT2D eigenvalue weighted by Crippen LogP contribution is 2.50. The number of fused-ring (bicyclic) bond motifs is 3. The maximum Gasteiger partial charge on any atom is 0.341 e. The van der Waals surface area contributed by atoms with Crippen molar-refractivity contribution in [1.82, 2.24) is 9.80 Å². The minimum Gasteiger partial charge on any atom is -0.277 e. The predicted molar refractivity (Wildman–Crippen MR) is 146 cm³/mol. The Labute approximate surface area is 214 Å². The Morgan fingerprint density at radius 1 is 0.639 bits per heavy atom. The van der Waals surface area contributed by atoms with Gasteiger partial charge in [0.25, 0.3) is 0 Å². The van der Waals surface area contributed by atoms with Crippen molar-refractivity contribution in [2.24, 2.45) is 0 Å². The van der Waals surface area contributed by atoms with Gasteiger partial charge in [-0.25, -0.2) is 19.4 Å². The molecule has 3 fully saturated rings. The van der Waals surface area contributed by atoms with Crippen LogP contribution >= 0.6 is 11.8 Å². The number of hydrogen-bond donors (Lipinski definition) is 0. The van der Waals surface area contributed by atoms with E-state index in [1.807, 2.05) is 76.5 Å². The number of carbonyl (C=O) groups excluding carboxylic acids is 2. The summed E-state index contributed by atoms with van der Waals surface area (Å²) in [7, 11) is 0. The second-order valence-electron chi connectivity index (χ2n) is 9.50. The highest BCUT2D eigenvalue weighted by atomic mass is 32.2. The number of imide groups is 1. The molecule has 4 aromatic carbocycles. The average molecular weight is 495 g/mol. The van der Waals surface area contributed by atoms with Gasteiger partial charge in [-0.3, -0.25) is 9.80 Å². The zero-order valence-electron chi connectivity index (χ0n) is 19.8. The Balaban J connectivity index is 1.49. The summed E-state index contributed by atoms with van der Waals surface area (Å²) >= 11 is 1.70. The van der Waals surface area contributed by atoms with Crippen molar-refractivity contribution in [2.45, 2.75) is 18.0 Å². The third-order valence-electron chi connectivity index (χ3n) is 7.59. The number of amides is 4. The van der Waals surface area contributed by atoms with Crippen molar-refractivity contribution in [3.05, 3.63) is 84.9 Å². The molecule has 0 N–H and O–H groups in total. The number of hydrogen-bond acceptors (Lipinski definition) is 4. The number of benzene rings is 4. The first-order valence-corrected chi connectivity index (χ1v) is 13.5. The van der Waals surface area contributed by atoms with Gasteiger partial charge < -0.3 is 0 Å². The van der Waals surface area contributed by atoms with Crippen molar-refractivity contribution < 1.29 is 9.59 Å². The van der Waals surface area contributed by atoms with Gasteiger partial charge >= 0.3 is 12.1 Å². The molecule has 4 amide bonds. The summed E-state index contributed by atoms with van der Waals surface area (Å²) < 4.78 is 0. The maximum absolute atomic E-state index is 14.7. The zero-order valence-corrected chi connectivity index (χ0v) is 20.7. The topological polar surface area (TPSA) is 47.1 Å². The normalized spacial score (nSPS) is 22.7. The first kappa shape index (κ1) is 21.7. The molecule has 7 heteroatoms. The van der Waals surface area contributed by atoms with Gasteiger partial charge in [0.1, 0.15) is 0 Å². The second kappa shape index (κ2) is 8.25. The summed E-state index contributed by atoms with van der Waals surface area (Å²) in [6.45, 7) is 2.31. The fourth-order valence-corrected chi connectivity index (χ4v) is 7.56. The SMILES string of the molecule is O=C1N(c2cccc3ccccc23)C(=O)N(c2cccc3ccccc23)C2(N3CCCC3)SCCN12. The number of carbonyl (C=O) groups is 2. The van der Waals surface area contributed by atoms with Crippen LogP contribution in [-0.4, -0.2) is 52.4 Å². The molecule has 6 nitrogen and oxygen atoms in total. The number of nitrogens with zero attached hydrogens (tertiary/aromatic N) is 4. The van der Waals surface area contributed by atoms with Gasteiger partial charge in [0, 0.05) is 36.2 Å². The summed E-state index contributed by atoms with van der Waals surface area (Å²) in [5, 5.41) is 3.10. The highest BCUT2D eigenvalue weighted by molar-refractivity contribution is 8.01. The molecule has 4 aromatic rings. The zero-order chi connectivity index (χ0) is 24.3. The molecule has 180 valence electrons. The molecule has 0 saturated carbocycles. The molecule has 36 heavy (non-hydrogen) atoms. The molecule has 0 radical (unpaired) electrons. The molecule has 0 spiro atoms. The lowest BCUT2D eigenvalue weighted by atomic mass is 10.1. The van der Waals surface area contributed by atoms with Crippen LogP contribution in [0.25, 0.3) is 21.5 Å². The van der Waals surface area contributed by atoms with Crippen molar-refractivity contribution >= 4 is 56.7 Å². The minimum atomic E-state index is -0.865. The Kier molecular flexibility index (Phi) is 4.98. The first-order valence-electron chi connectivity index (χ1n) is 12.5. The molecule has 3 aliphatic rings. The average Bonchev–Trinajstić information content (AvgIpc) is 3.61. The Hall–Kier alpha value is -3.55.